The summed E-state index contributed by atoms with van der Waals surface area (Å²) in [5.74, 6) is -0.504. The van der Waals surface area contributed by atoms with E-state index in [1.165, 1.54) is 51.4 Å². The fraction of sp³-hybridized carbons (Fsp3) is 0.714. The average Bonchev–Trinajstić information content (AvgIpc) is 2.82. The minimum absolute atomic E-state index is 0.175. The summed E-state index contributed by atoms with van der Waals surface area (Å²) in [5, 5.41) is 3.35. The molecule has 0 bridgehead atoms. The van der Waals surface area contributed by atoms with Gasteiger partial charge >= 0.3 is 11.9 Å². The van der Waals surface area contributed by atoms with E-state index in [1.54, 1.807) is 0 Å². The molecule has 0 heterocycles. The highest BCUT2D eigenvalue weighted by molar-refractivity contribution is 5.74. The van der Waals surface area contributed by atoms with E-state index in [1.807, 2.05) is 30.3 Å². The number of carbonyl (C=O) groups is 2. The van der Waals surface area contributed by atoms with Crippen molar-refractivity contribution >= 4 is 11.9 Å². The smallest absolute Gasteiger partial charge is 0.307 e. The van der Waals surface area contributed by atoms with Gasteiger partial charge in [-0.05, 0) is 18.4 Å². The number of esters is 2. The molecule has 1 aromatic carbocycles. The van der Waals surface area contributed by atoms with E-state index in [2.05, 4.69) is 19.2 Å². The third-order valence-corrected chi connectivity index (χ3v) is 5.79. The van der Waals surface area contributed by atoms with E-state index < -0.39 is 0 Å². The number of unbranched alkanes of at least 4 members (excludes halogenated alkanes) is 10. The van der Waals surface area contributed by atoms with Gasteiger partial charge in [-0.1, -0.05) is 108 Å². The molecular weight excluding hydrogens is 414 g/mol. The van der Waals surface area contributed by atoms with Crippen molar-refractivity contribution in [3.05, 3.63) is 35.9 Å². The molecule has 0 atom stereocenters. The standard InChI is InChI=1S/C28H47NO4/c1-3-5-7-9-11-16-20-32-27(30)22-26(29-24-25-18-14-13-15-19-25)23-28(31)33-21-17-12-10-8-6-4-2/h13-15,18-19,26,29H,3-12,16-17,20-24H2,1-2H3. The quantitative estimate of drug-likeness (QED) is 0.162. The summed E-state index contributed by atoms with van der Waals surface area (Å²) in [6, 6.07) is 9.69. The van der Waals surface area contributed by atoms with Crippen LogP contribution in [-0.2, 0) is 25.6 Å². The molecule has 5 nitrogen and oxygen atoms in total. The zero-order chi connectivity index (χ0) is 24.0. The van der Waals surface area contributed by atoms with E-state index in [0.717, 1.165) is 31.2 Å². The van der Waals surface area contributed by atoms with Gasteiger partial charge in [-0.2, -0.15) is 0 Å². The van der Waals surface area contributed by atoms with Crippen LogP contribution in [0.5, 0.6) is 0 Å². The van der Waals surface area contributed by atoms with Crippen molar-refractivity contribution in [2.24, 2.45) is 0 Å². The Balaban J connectivity index is 2.35. The summed E-state index contributed by atoms with van der Waals surface area (Å²) >= 11 is 0. The summed E-state index contributed by atoms with van der Waals surface area (Å²) < 4.78 is 10.9. The maximum atomic E-state index is 12.4. The maximum Gasteiger partial charge on any atom is 0.307 e. The van der Waals surface area contributed by atoms with Crippen molar-refractivity contribution < 1.29 is 19.1 Å². The van der Waals surface area contributed by atoms with E-state index in [0.29, 0.717) is 19.8 Å². The molecule has 5 heteroatoms. The minimum atomic E-state index is -0.292. The van der Waals surface area contributed by atoms with Gasteiger partial charge in [0, 0.05) is 12.6 Å². The molecule has 0 aliphatic heterocycles. The number of hydrogen-bond donors (Lipinski definition) is 1. The molecule has 0 amide bonds. The lowest BCUT2D eigenvalue weighted by atomic mass is 10.1. The van der Waals surface area contributed by atoms with Crippen LogP contribution in [0.1, 0.15) is 109 Å². The number of carbonyl (C=O) groups excluding carboxylic acids is 2. The third-order valence-electron chi connectivity index (χ3n) is 5.79. The largest absolute Gasteiger partial charge is 0.466 e. The number of ether oxygens (including phenoxy) is 2. The second-order valence-corrected chi connectivity index (χ2v) is 8.95. The Labute approximate surface area is 202 Å². The van der Waals surface area contributed by atoms with Crippen molar-refractivity contribution in [2.45, 2.75) is 116 Å². The van der Waals surface area contributed by atoms with Crippen molar-refractivity contribution in [2.75, 3.05) is 13.2 Å². The van der Waals surface area contributed by atoms with E-state index in [-0.39, 0.29) is 30.8 Å². The lowest BCUT2D eigenvalue weighted by Gasteiger charge is -2.18. The first-order chi connectivity index (χ1) is 16.2. The molecule has 1 aromatic rings. The van der Waals surface area contributed by atoms with E-state index >= 15 is 0 Å². The molecule has 1 rings (SSSR count). The van der Waals surface area contributed by atoms with Crippen molar-refractivity contribution in [1.29, 1.82) is 0 Å². The van der Waals surface area contributed by atoms with E-state index in [9.17, 15) is 9.59 Å². The molecule has 0 aliphatic rings. The number of rotatable bonds is 21. The van der Waals surface area contributed by atoms with Crippen LogP contribution in [0.25, 0.3) is 0 Å². The Morgan fingerprint density at radius 3 is 1.64 bits per heavy atom. The summed E-state index contributed by atoms with van der Waals surface area (Å²) in [5.41, 5.74) is 1.11. The molecule has 1 N–H and O–H groups in total. The van der Waals surface area contributed by atoms with Gasteiger partial charge in [-0.25, -0.2) is 0 Å². The molecule has 0 fully saturated rings. The molecule has 0 radical (unpaired) electrons. The highest BCUT2D eigenvalue weighted by Crippen LogP contribution is 2.09. The first-order valence-electron chi connectivity index (χ1n) is 13.2. The fourth-order valence-corrected chi connectivity index (χ4v) is 3.73. The Morgan fingerprint density at radius 1 is 0.697 bits per heavy atom. The lowest BCUT2D eigenvalue weighted by Crippen LogP contribution is -2.34. The van der Waals surface area contributed by atoms with Gasteiger partial charge in [0.25, 0.3) is 0 Å². The van der Waals surface area contributed by atoms with Crippen molar-refractivity contribution in [3.8, 4) is 0 Å². The molecule has 0 aromatic heterocycles. The Bertz CT molecular complexity index is 573. The summed E-state index contributed by atoms with van der Waals surface area (Å²) in [4.78, 5) is 24.7. The van der Waals surface area contributed by atoms with Crippen molar-refractivity contribution in [1.82, 2.24) is 5.32 Å². The molecule has 188 valence electrons. The van der Waals surface area contributed by atoms with Crippen LogP contribution in [0, 0.1) is 0 Å². The van der Waals surface area contributed by atoms with Crippen LogP contribution in [0.15, 0.2) is 30.3 Å². The number of hydrogen-bond acceptors (Lipinski definition) is 5. The van der Waals surface area contributed by atoms with Gasteiger partial charge in [0.2, 0.25) is 0 Å². The first-order valence-corrected chi connectivity index (χ1v) is 13.2. The molecule has 0 saturated carbocycles. The molecule has 0 spiro atoms. The SMILES string of the molecule is CCCCCCCCOC(=O)CC(CC(=O)OCCCCCCCC)NCc1ccccc1. The Kier molecular flexibility index (Phi) is 18.3. The molecule has 0 aliphatic carbocycles. The highest BCUT2D eigenvalue weighted by atomic mass is 16.5. The van der Waals surface area contributed by atoms with Crippen LogP contribution in [-0.4, -0.2) is 31.2 Å². The van der Waals surface area contributed by atoms with Gasteiger partial charge in [-0.3, -0.25) is 9.59 Å². The number of nitrogens with one attached hydrogen (secondary N) is 1. The van der Waals surface area contributed by atoms with Crippen LogP contribution in [0.4, 0.5) is 0 Å². The van der Waals surface area contributed by atoms with Crippen LogP contribution in [0.2, 0.25) is 0 Å². The zero-order valence-corrected chi connectivity index (χ0v) is 21.1. The summed E-state index contributed by atoms with van der Waals surface area (Å²) in [7, 11) is 0. The van der Waals surface area contributed by atoms with Gasteiger partial charge in [0.1, 0.15) is 0 Å². The highest BCUT2D eigenvalue weighted by Gasteiger charge is 2.19. The molecule has 0 unspecified atom stereocenters. The summed E-state index contributed by atoms with van der Waals surface area (Å²) in [6.07, 6.45) is 14.2. The Morgan fingerprint density at radius 2 is 1.15 bits per heavy atom. The predicted molar refractivity (Wildman–Crippen MR) is 135 cm³/mol. The lowest BCUT2D eigenvalue weighted by molar-refractivity contribution is -0.146. The second-order valence-electron chi connectivity index (χ2n) is 8.95. The molecule has 33 heavy (non-hydrogen) atoms. The van der Waals surface area contributed by atoms with Crippen LogP contribution < -0.4 is 5.32 Å². The van der Waals surface area contributed by atoms with Crippen LogP contribution in [0.3, 0.4) is 0 Å². The topological polar surface area (TPSA) is 64.6 Å². The Hall–Kier alpha value is -1.88. The van der Waals surface area contributed by atoms with E-state index in [4.69, 9.17) is 9.47 Å². The van der Waals surface area contributed by atoms with Gasteiger partial charge in [0.15, 0.2) is 0 Å². The fourth-order valence-electron chi connectivity index (χ4n) is 3.73. The van der Waals surface area contributed by atoms with Crippen molar-refractivity contribution in [3.63, 3.8) is 0 Å². The number of benzene rings is 1. The maximum absolute atomic E-state index is 12.4. The summed E-state index contributed by atoms with van der Waals surface area (Å²) in [6.45, 7) is 5.92. The minimum Gasteiger partial charge on any atom is -0.466 e. The molecule has 0 saturated heterocycles. The predicted octanol–water partition coefficient (Wildman–Crippen LogP) is 6.73. The average molecular weight is 462 g/mol. The molecular formula is C28H47NO4. The van der Waals surface area contributed by atoms with Gasteiger partial charge in [-0.15, -0.1) is 0 Å². The van der Waals surface area contributed by atoms with Gasteiger partial charge in [0.05, 0.1) is 26.1 Å². The second kappa shape index (κ2) is 20.7. The normalized spacial score (nSPS) is 11.0. The van der Waals surface area contributed by atoms with Gasteiger partial charge < -0.3 is 14.8 Å². The third kappa shape index (κ3) is 17.3. The first kappa shape index (κ1) is 29.2. The van der Waals surface area contributed by atoms with Crippen LogP contribution >= 0.6 is 0 Å². The monoisotopic (exact) mass is 461 g/mol. The zero-order valence-electron chi connectivity index (χ0n) is 21.1.